The lowest BCUT2D eigenvalue weighted by Gasteiger charge is -2.46. The van der Waals surface area contributed by atoms with Crippen LogP contribution in [0.5, 0.6) is 0 Å². The minimum atomic E-state index is -0.850. The average molecular weight is 469 g/mol. The molecule has 3 aromatic carbocycles. The molecule has 5 rings (SSSR count). The number of carbonyl (C=O) groups is 1. The molecule has 0 saturated carbocycles. The van der Waals surface area contributed by atoms with Crippen LogP contribution in [0.25, 0.3) is 11.1 Å². The number of aryl methyl sites for hydroxylation is 1. The van der Waals surface area contributed by atoms with Crippen molar-refractivity contribution in [1.29, 1.82) is 0 Å². The summed E-state index contributed by atoms with van der Waals surface area (Å²) in [5, 5.41) is 10.0. The molecule has 1 saturated heterocycles. The van der Waals surface area contributed by atoms with E-state index < -0.39 is 5.97 Å². The number of carboxylic acid groups (broad SMARTS) is 1. The van der Waals surface area contributed by atoms with Gasteiger partial charge in [-0.05, 0) is 65.4 Å². The van der Waals surface area contributed by atoms with Crippen molar-refractivity contribution < 1.29 is 9.90 Å². The van der Waals surface area contributed by atoms with Gasteiger partial charge in [0.05, 0.1) is 5.56 Å². The molecule has 0 amide bonds. The number of carboxylic acids is 1. The van der Waals surface area contributed by atoms with Gasteiger partial charge in [0.25, 0.3) is 0 Å². The van der Waals surface area contributed by atoms with Crippen molar-refractivity contribution in [1.82, 2.24) is 4.90 Å². The minimum Gasteiger partial charge on any atom is -0.478 e. The van der Waals surface area contributed by atoms with Crippen LogP contribution in [0.4, 0.5) is 5.69 Å². The minimum absolute atomic E-state index is 0. The van der Waals surface area contributed by atoms with Crippen LogP contribution in [0.15, 0.2) is 66.7 Å². The lowest BCUT2D eigenvalue weighted by Crippen LogP contribution is -2.54. The van der Waals surface area contributed by atoms with Gasteiger partial charge >= 0.3 is 5.97 Å². The Bertz CT molecular complexity index is 1100. The highest BCUT2D eigenvalue weighted by molar-refractivity contribution is 6.30. The molecule has 0 aliphatic carbocycles. The Morgan fingerprint density at radius 1 is 0.969 bits per heavy atom. The highest BCUT2D eigenvalue weighted by Gasteiger charge is 2.31. The number of fused-ring (bicyclic) bond motifs is 3. The highest BCUT2D eigenvalue weighted by atomic mass is 35.5. The van der Waals surface area contributed by atoms with Crippen LogP contribution >= 0.6 is 24.0 Å². The predicted molar refractivity (Wildman–Crippen MR) is 132 cm³/mol. The summed E-state index contributed by atoms with van der Waals surface area (Å²) in [6, 6.07) is 22.8. The van der Waals surface area contributed by atoms with E-state index >= 15 is 0 Å². The third-order valence-corrected chi connectivity index (χ3v) is 6.74. The van der Waals surface area contributed by atoms with Gasteiger partial charge in [0.15, 0.2) is 0 Å². The summed E-state index contributed by atoms with van der Waals surface area (Å²) in [6.45, 7) is 3.98. The van der Waals surface area contributed by atoms with Gasteiger partial charge in [0.2, 0.25) is 0 Å². The van der Waals surface area contributed by atoms with Gasteiger partial charge in [0.1, 0.15) is 0 Å². The van der Waals surface area contributed by atoms with Crippen LogP contribution in [-0.2, 0) is 13.0 Å². The van der Waals surface area contributed by atoms with E-state index in [9.17, 15) is 9.90 Å². The van der Waals surface area contributed by atoms with Crippen LogP contribution in [0.3, 0.4) is 0 Å². The first-order valence-electron chi connectivity index (χ1n) is 10.8. The molecule has 1 fully saturated rings. The summed E-state index contributed by atoms with van der Waals surface area (Å²) in [4.78, 5) is 16.3. The fourth-order valence-electron chi connectivity index (χ4n) is 4.85. The number of aromatic carboxylic acids is 1. The third-order valence-electron chi connectivity index (χ3n) is 6.49. The standard InChI is InChI=1S/C26H25ClN2O2.ClH/c27-23-9-5-20(6-10-23)19-3-1-18(2-4-19)16-28-13-14-29-24(17-28)11-7-21-15-22(26(30)31)8-12-25(21)29;/h1-6,8-10,12,15,24H,7,11,13-14,16-17H2,(H,30,31);1H/t24-;/m0./s1. The highest BCUT2D eigenvalue weighted by Crippen LogP contribution is 2.34. The van der Waals surface area contributed by atoms with Gasteiger partial charge in [-0.2, -0.15) is 0 Å². The second-order valence-electron chi connectivity index (χ2n) is 8.47. The molecule has 0 bridgehead atoms. The zero-order valence-corrected chi connectivity index (χ0v) is 19.3. The van der Waals surface area contributed by atoms with E-state index in [4.69, 9.17) is 11.6 Å². The van der Waals surface area contributed by atoms with E-state index in [1.807, 2.05) is 24.3 Å². The summed E-state index contributed by atoms with van der Waals surface area (Å²) in [6.07, 6.45) is 2.02. The summed E-state index contributed by atoms with van der Waals surface area (Å²) in [7, 11) is 0. The number of piperazine rings is 1. The van der Waals surface area contributed by atoms with E-state index in [-0.39, 0.29) is 12.4 Å². The number of halogens is 2. The monoisotopic (exact) mass is 468 g/mol. The van der Waals surface area contributed by atoms with E-state index in [1.165, 1.54) is 27.9 Å². The van der Waals surface area contributed by atoms with E-state index in [0.717, 1.165) is 44.0 Å². The number of hydrogen-bond acceptors (Lipinski definition) is 3. The normalized spacial score (nSPS) is 17.8. The zero-order valence-electron chi connectivity index (χ0n) is 17.7. The Morgan fingerprint density at radius 2 is 1.66 bits per heavy atom. The van der Waals surface area contributed by atoms with Gasteiger partial charge in [-0.3, -0.25) is 4.90 Å². The van der Waals surface area contributed by atoms with Gasteiger partial charge < -0.3 is 10.0 Å². The van der Waals surface area contributed by atoms with Crippen LogP contribution in [0.1, 0.15) is 27.9 Å². The van der Waals surface area contributed by atoms with Crippen LogP contribution in [0, 0.1) is 0 Å². The lowest BCUT2D eigenvalue weighted by atomic mass is 9.92. The number of rotatable bonds is 4. The van der Waals surface area contributed by atoms with Crippen LogP contribution < -0.4 is 4.90 Å². The summed E-state index contributed by atoms with van der Waals surface area (Å²) < 4.78 is 0. The molecule has 6 heteroatoms. The average Bonchev–Trinajstić information content (AvgIpc) is 2.79. The first kappa shape index (κ1) is 22.7. The number of anilines is 1. The van der Waals surface area contributed by atoms with Gasteiger partial charge in [-0.1, -0.05) is 48.0 Å². The zero-order chi connectivity index (χ0) is 21.4. The topological polar surface area (TPSA) is 43.8 Å². The summed E-state index contributed by atoms with van der Waals surface area (Å²) in [5.41, 5.74) is 6.48. The fourth-order valence-corrected chi connectivity index (χ4v) is 4.98. The van der Waals surface area contributed by atoms with Crippen LogP contribution in [-0.4, -0.2) is 41.7 Å². The van der Waals surface area contributed by atoms with Crippen molar-refractivity contribution in [3.05, 3.63) is 88.4 Å². The Hall–Kier alpha value is -2.53. The smallest absolute Gasteiger partial charge is 0.335 e. The van der Waals surface area contributed by atoms with Crippen LogP contribution in [0.2, 0.25) is 5.02 Å². The maximum absolute atomic E-state index is 11.3. The molecule has 2 aliphatic rings. The molecule has 0 spiro atoms. The molecule has 3 aromatic rings. The molecule has 1 atom stereocenters. The van der Waals surface area contributed by atoms with Crippen molar-refractivity contribution in [2.75, 3.05) is 24.5 Å². The molecule has 4 nitrogen and oxygen atoms in total. The Balaban J connectivity index is 0.00000245. The number of nitrogens with zero attached hydrogens (tertiary/aromatic N) is 2. The fraction of sp³-hybridized carbons (Fsp3) is 0.269. The second kappa shape index (κ2) is 9.53. The Labute approximate surface area is 199 Å². The van der Waals surface area contributed by atoms with Gasteiger partial charge in [-0.25, -0.2) is 4.79 Å². The van der Waals surface area contributed by atoms with Crippen molar-refractivity contribution in [3.8, 4) is 11.1 Å². The summed E-state index contributed by atoms with van der Waals surface area (Å²) >= 11 is 6.00. The van der Waals surface area contributed by atoms with Gasteiger partial charge in [-0.15, -0.1) is 12.4 Å². The number of benzene rings is 3. The van der Waals surface area contributed by atoms with Gasteiger partial charge in [0, 0.05) is 42.9 Å². The quantitative estimate of drug-likeness (QED) is 0.528. The Kier molecular flexibility index (Phi) is 6.75. The van der Waals surface area contributed by atoms with Crippen molar-refractivity contribution >= 4 is 35.7 Å². The summed E-state index contributed by atoms with van der Waals surface area (Å²) in [5.74, 6) is -0.850. The molecule has 2 heterocycles. The largest absolute Gasteiger partial charge is 0.478 e. The molecule has 166 valence electrons. The lowest BCUT2D eigenvalue weighted by molar-refractivity contribution is 0.0696. The first-order chi connectivity index (χ1) is 15.1. The first-order valence-corrected chi connectivity index (χ1v) is 11.1. The van der Waals surface area contributed by atoms with E-state index in [1.54, 1.807) is 6.07 Å². The third kappa shape index (κ3) is 4.63. The SMILES string of the molecule is Cl.O=C(O)c1ccc2c(c1)CC[C@H]1CN(Cc3ccc(-c4ccc(Cl)cc4)cc3)CCN21. The predicted octanol–water partition coefficient (Wildman–Crippen LogP) is 5.76. The Morgan fingerprint density at radius 3 is 2.34 bits per heavy atom. The molecule has 32 heavy (non-hydrogen) atoms. The second-order valence-corrected chi connectivity index (χ2v) is 8.91. The maximum Gasteiger partial charge on any atom is 0.335 e. The molecule has 1 N–H and O–H groups in total. The molecular weight excluding hydrogens is 443 g/mol. The molecule has 0 radical (unpaired) electrons. The molecule has 2 aliphatic heterocycles. The molecule has 0 unspecified atom stereocenters. The molecule has 0 aromatic heterocycles. The van der Waals surface area contributed by atoms with E-state index in [0.29, 0.717) is 11.6 Å². The van der Waals surface area contributed by atoms with Crippen molar-refractivity contribution in [3.63, 3.8) is 0 Å². The molecular formula is C26H26Cl2N2O2. The van der Waals surface area contributed by atoms with Crippen molar-refractivity contribution in [2.24, 2.45) is 0 Å². The maximum atomic E-state index is 11.3. The number of hydrogen-bond donors (Lipinski definition) is 1. The van der Waals surface area contributed by atoms with Crippen molar-refractivity contribution in [2.45, 2.75) is 25.4 Å². The van der Waals surface area contributed by atoms with E-state index in [2.05, 4.69) is 46.2 Å².